The van der Waals surface area contributed by atoms with Crippen molar-refractivity contribution in [1.29, 1.82) is 0 Å². The van der Waals surface area contributed by atoms with E-state index >= 15 is 0 Å². The quantitative estimate of drug-likeness (QED) is 0.774. The molecule has 0 bridgehead atoms. The van der Waals surface area contributed by atoms with Crippen LogP contribution in [0.25, 0.3) is 0 Å². The molecule has 0 spiro atoms. The minimum atomic E-state index is -0.708. The molecule has 0 aromatic rings. The predicted octanol–water partition coefficient (Wildman–Crippen LogP) is 2.08. The summed E-state index contributed by atoms with van der Waals surface area (Å²) in [4.78, 5) is 15.4. The molecular weight excluding hydrogens is 252 g/mol. The smallest absolute Gasteiger partial charge is 0.317 e. The van der Waals surface area contributed by atoms with Crippen molar-refractivity contribution in [3.63, 3.8) is 0 Å². The number of aliphatic carboxylic acids is 1. The lowest BCUT2D eigenvalue weighted by atomic mass is 10.0. The molecule has 0 amide bonds. The van der Waals surface area contributed by atoms with Gasteiger partial charge in [-0.25, -0.2) is 0 Å². The van der Waals surface area contributed by atoms with Gasteiger partial charge in [0.2, 0.25) is 0 Å². The Balaban J connectivity index is 0.00000289. The van der Waals surface area contributed by atoms with Crippen molar-refractivity contribution in [2.24, 2.45) is 0 Å². The molecule has 4 nitrogen and oxygen atoms in total. The number of nitrogens with zero attached hydrogens (tertiary/aromatic N) is 2. The zero-order chi connectivity index (χ0) is 12.7. The molecule has 0 aliphatic carbocycles. The Hall–Kier alpha value is -0.320. The fourth-order valence-corrected chi connectivity index (χ4v) is 2.56. The molecule has 0 aromatic carbocycles. The lowest BCUT2D eigenvalue weighted by molar-refractivity contribution is -0.139. The molecule has 1 N–H and O–H groups in total. The number of likely N-dealkylation sites (N-methyl/N-ethyl adjacent to an activating group) is 1. The van der Waals surface area contributed by atoms with Crippen molar-refractivity contribution >= 4 is 18.4 Å². The van der Waals surface area contributed by atoms with E-state index < -0.39 is 5.97 Å². The van der Waals surface area contributed by atoms with Crippen molar-refractivity contribution in [1.82, 2.24) is 9.80 Å². The van der Waals surface area contributed by atoms with E-state index in [1.807, 2.05) is 6.92 Å². The second-order valence-corrected chi connectivity index (χ2v) is 4.88. The first-order valence-corrected chi connectivity index (χ1v) is 6.85. The van der Waals surface area contributed by atoms with Crippen molar-refractivity contribution in [2.45, 2.75) is 45.6 Å². The van der Waals surface area contributed by atoms with E-state index in [9.17, 15) is 4.79 Å². The molecule has 1 heterocycles. The zero-order valence-electron chi connectivity index (χ0n) is 11.6. The number of hydrogen-bond donors (Lipinski definition) is 1. The molecule has 0 saturated carbocycles. The largest absolute Gasteiger partial charge is 0.480 e. The average molecular weight is 279 g/mol. The van der Waals surface area contributed by atoms with Crippen LogP contribution in [0.2, 0.25) is 0 Å². The van der Waals surface area contributed by atoms with E-state index in [0.29, 0.717) is 6.04 Å². The van der Waals surface area contributed by atoms with Crippen molar-refractivity contribution < 1.29 is 9.90 Å². The summed E-state index contributed by atoms with van der Waals surface area (Å²) in [7, 11) is 0. The highest BCUT2D eigenvalue weighted by Gasteiger charge is 2.24. The third kappa shape index (κ3) is 6.03. The summed E-state index contributed by atoms with van der Waals surface area (Å²) in [5.74, 6) is -0.708. The van der Waals surface area contributed by atoms with Gasteiger partial charge in [0.15, 0.2) is 0 Å². The van der Waals surface area contributed by atoms with Gasteiger partial charge in [0.1, 0.15) is 0 Å². The number of piperidine rings is 1. The van der Waals surface area contributed by atoms with Gasteiger partial charge in [-0.05, 0) is 45.4 Å². The van der Waals surface area contributed by atoms with Crippen LogP contribution in [-0.4, -0.2) is 59.6 Å². The molecule has 0 aromatic heterocycles. The summed E-state index contributed by atoms with van der Waals surface area (Å²) in [6, 6.07) is 0.467. The highest BCUT2D eigenvalue weighted by molar-refractivity contribution is 5.85. The van der Waals surface area contributed by atoms with Crippen molar-refractivity contribution in [2.75, 3.05) is 32.7 Å². The molecule has 1 fully saturated rings. The van der Waals surface area contributed by atoms with Gasteiger partial charge in [0, 0.05) is 6.04 Å². The lowest BCUT2D eigenvalue weighted by Crippen LogP contribution is -2.46. The van der Waals surface area contributed by atoms with Crippen LogP contribution < -0.4 is 0 Å². The fraction of sp³-hybridized carbons (Fsp3) is 0.923. The van der Waals surface area contributed by atoms with E-state index in [1.54, 1.807) is 0 Å². The molecule has 1 saturated heterocycles. The van der Waals surface area contributed by atoms with Crippen LogP contribution in [-0.2, 0) is 4.79 Å². The first-order valence-electron chi connectivity index (χ1n) is 6.85. The van der Waals surface area contributed by atoms with Crippen LogP contribution in [0.3, 0.4) is 0 Å². The van der Waals surface area contributed by atoms with Gasteiger partial charge >= 0.3 is 5.97 Å². The Morgan fingerprint density at radius 1 is 1.33 bits per heavy atom. The first kappa shape index (κ1) is 17.7. The standard InChI is InChI=1S/C13H26N2O2.ClH/c1-3-5-8-14-9-6-12(7-10-14)15(4-2)11-13(16)17;/h12H,3-11H2,1-2H3,(H,16,17);1H. The Kier molecular flexibility index (Phi) is 9.42. The van der Waals surface area contributed by atoms with Gasteiger partial charge in [-0.3, -0.25) is 9.69 Å². The van der Waals surface area contributed by atoms with Gasteiger partial charge in [-0.2, -0.15) is 0 Å². The summed E-state index contributed by atoms with van der Waals surface area (Å²) in [6.45, 7) is 8.75. The number of halogens is 1. The van der Waals surface area contributed by atoms with Gasteiger partial charge < -0.3 is 10.0 Å². The minimum Gasteiger partial charge on any atom is -0.480 e. The summed E-state index contributed by atoms with van der Waals surface area (Å²) < 4.78 is 0. The fourth-order valence-electron chi connectivity index (χ4n) is 2.56. The van der Waals surface area contributed by atoms with Gasteiger partial charge in [-0.15, -0.1) is 12.4 Å². The average Bonchev–Trinajstić information content (AvgIpc) is 2.34. The number of carbonyl (C=O) groups is 1. The predicted molar refractivity (Wildman–Crippen MR) is 76.5 cm³/mol. The summed E-state index contributed by atoms with van der Waals surface area (Å²) >= 11 is 0. The van der Waals surface area contributed by atoms with Gasteiger partial charge in [0.25, 0.3) is 0 Å². The van der Waals surface area contributed by atoms with E-state index in [1.165, 1.54) is 19.4 Å². The van der Waals surface area contributed by atoms with Crippen LogP contribution in [0.1, 0.15) is 39.5 Å². The Morgan fingerprint density at radius 2 is 1.94 bits per heavy atom. The topological polar surface area (TPSA) is 43.8 Å². The third-order valence-corrected chi connectivity index (χ3v) is 3.65. The van der Waals surface area contributed by atoms with E-state index in [-0.39, 0.29) is 19.0 Å². The van der Waals surface area contributed by atoms with Crippen LogP contribution in [0.15, 0.2) is 0 Å². The Morgan fingerprint density at radius 3 is 2.39 bits per heavy atom. The molecule has 1 rings (SSSR count). The number of unbranched alkanes of at least 4 members (excludes halogenated alkanes) is 1. The maximum absolute atomic E-state index is 10.8. The summed E-state index contributed by atoms with van der Waals surface area (Å²) in [5, 5.41) is 8.86. The van der Waals surface area contributed by atoms with Crippen LogP contribution in [0.4, 0.5) is 0 Å². The molecular formula is C13H27ClN2O2. The first-order chi connectivity index (χ1) is 8.17. The summed E-state index contributed by atoms with van der Waals surface area (Å²) in [5.41, 5.74) is 0. The molecule has 1 aliphatic rings. The van der Waals surface area contributed by atoms with Gasteiger partial charge in [-0.1, -0.05) is 20.3 Å². The number of carboxylic acids is 1. The Labute approximate surface area is 117 Å². The van der Waals surface area contributed by atoms with E-state index in [0.717, 1.165) is 32.5 Å². The third-order valence-electron chi connectivity index (χ3n) is 3.65. The molecule has 5 heteroatoms. The number of rotatable bonds is 7. The van der Waals surface area contributed by atoms with E-state index in [4.69, 9.17) is 5.11 Å². The SMILES string of the molecule is CCCCN1CCC(N(CC)CC(=O)O)CC1.Cl. The molecule has 0 atom stereocenters. The normalized spacial score (nSPS) is 17.7. The highest BCUT2D eigenvalue weighted by atomic mass is 35.5. The molecule has 0 radical (unpaired) electrons. The molecule has 0 unspecified atom stereocenters. The summed E-state index contributed by atoms with van der Waals surface area (Å²) in [6.07, 6.45) is 4.76. The maximum Gasteiger partial charge on any atom is 0.317 e. The second-order valence-electron chi connectivity index (χ2n) is 4.88. The number of likely N-dealkylation sites (tertiary alicyclic amines) is 1. The van der Waals surface area contributed by atoms with Crippen LogP contribution in [0, 0.1) is 0 Å². The monoisotopic (exact) mass is 278 g/mol. The molecule has 1 aliphatic heterocycles. The molecule has 18 heavy (non-hydrogen) atoms. The van der Waals surface area contributed by atoms with Crippen molar-refractivity contribution in [3.8, 4) is 0 Å². The zero-order valence-corrected chi connectivity index (χ0v) is 12.4. The minimum absolute atomic E-state index is 0. The lowest BCUT2D eigenvalue weighted by Gasteiger charge is -2.37. The number of hydrogen-bond acceptors (Lipinski definition) is 3. The maximum atomic E-state index is 10.8. The van der Waals surface area contributed by atoms with Crippen LogP contribution >= 0.6 is 12.4 Å². The Bertz CT molecular complexity index is 231. The highest BCUT2D eigenvalue weighted by Crippen LogP contribution is 2.16. The molecule has 108 valence electrons. The second kappa shape index (κ2) is 9.59. The van der Waals surface area contributed by atoms with E-state index in [2.05, 4.69) is 16.7 Å². The van der Waals surface area contributed by atoms with Gasteiger partial charge in [0.05, 0.1) is 6.54 Å². The number of carboxylic acid groups (broad SMARTS) is 1. The van der Waals surface area contributed by atoms with Crippen molar-refractivity contribution in [3.05, 3.63) is 0 Å². The van der Waals surface area contributed by atoms with Crippen LogP contribution in [0.5, 0.6) is 0 Å².